The maximum absolute atomic E-state index is 13.5. The zero-order valence-electron chi connectivity index (χ0n) is 10.3. The third-order valence-corrected chi connectivity index (χ3v) is 2.80. The van der Waals surface area contributed by atoms with E-state index in [1.807, 2.05) is 0 Å². The van der Waals surface area contributed by atoms with Crippen molar-refractivity contribution in [2.75, 3.05) is 18.6 Å². The van der Waals surface area contributed by atoms with E-state index in [0.29, 0.717) is 11.0 Å². The quantitative estimate of drug-likeness (QED) is 0.689. The van der Waals surface area contributed by atoms with Gasteiger partial charge in [-0.1, -0.05) is 17.8 Å². The number of benzene rings is 1. The summed E-state index contributed by atoms with van der Waals surface area (Å²) in [4.78, 5) is 8.21. The Morgan fingerprint density at radius 2 is 2.05 bits per heavy atom. The van der Waals surface area contributed by atoms with Crippen molar-refractivity contribution in [3.05, 3.63) is 35.9 Å². The van der Waals surface area contributed by atoms with E-state index in [2.05, 4.69) is 15.3 Å². The predicted octanol–water partition coefficient (Wildman–Crippen LogP) is 3.31. The van der Waals surface area contributed by atoms with Crippen LogP contribution in [0, 0.1) is 11.6 Å². The molecule has 0 aliphatic heterocycles. The number of nitrogens with one attached hydrogen (secondary N) is 1. The molecule has 19 heavy (non-hydrogen) atoms. The summed E-state index contributed by atoms with van der Waals surface area (Å²) >= 11 is 1.32. The lowest BCUT2D eigenvalue weighted by Crippen LogP contribution is -1.99. The normalized spacial score (nSPS) is 10.3. The molecule has 0 saturated heterocycles. The summed E-state index contributed by atoms with van der Waals surface area (Å²) in [5.74, 6) is -1.55. The average Bonchev–Trinajstić information content (AvgIpc) is 2.43. The van der Waals surface area contributed by atoms with E-state index in [9.17, 15) is 8.78 Å². The molecular weight excluding hydrogens is 272 g/mol. The highest BCUT2D eigenvalue weighted by Gasteiger charge is 2.11. The van der Waals surface area contributed by atoms with Crippen LogP contribution < -0.4 is 10.1 Å². The lowest BCUT2D eigenvalue weighted by molar-refractivity contribution is 0.402. The Morgan fingerprint density at radius 3 is 2.74 bits per heavy atom. The first kappa shape index (κ1) is 13.5. The summed E-state index contributed by atoms with van der Waals surface area (Å²) in [6.07, 6.45) is 1.81. The topological polar surface area (TPSA) is 47.0 Å². The average molecular weight is 283 g/mol. The number of hydrogen-bond acceptors (Lipinski definition) is 5. The molecule has 1 N–H and O–H groups in total. The fourth-order valence-electron chi connectivity index (χ4n) is 1.35. The molecule has 0 aliphatic carbocycles. The van der Waals surface area contributed by atoms with Gasteiger partial charge in [-0.15, -0.1) is 0 Å². The van der Waals surface area contributed by atoms with Crippen LogP contribution in [0.3, 0.4) is 0 Å². The van der Waals surface area contributed by atoms with E-state index in [4.69, 9.17) is 4.74 Å². The molecule has 0 amide bonds. The van der Waals surface area contributed by atoms with Gasteiger partial charge in [0, 0.05) is 13.1 Å². The number of thioether (sulfide) groups is 1. The minimum absolute atomic E-state index is 0.146. The highest BCUT2D eigenvalue weighted by atomic mass is 32.2. The molecule has 100 valence electrons. The molecule has 1 aromatic heterocycles. The van der Waals surface area contributed by atoms with E-state index in [1.54, 1.807) is 13.3 Å². The predicted molar refractivity (Wildman–Crippen MR) is 69.8 cm³/mol. The molecule has 0 aliphatic rings. The van der Waals surface area contributed by atoms with E-state index in [0.717, 1.165) is 6.07 Å². The van der Waals surface area contributed by atoms with Gasteiger partial charge in [0.1, 0.15) is 5.82 Å². The Labute approximate surface area is 113 Å². The summed E-state index contributed by atoms with van der Waals surface area (Å²) in [6, 6.07) is 5.22. The van der Waals surface area contributed by atoms with Crippen molar-refractivity contribution in [3.8, 4) is 11.6 Å². The Morgan fingerprint density at radius 1 is 1.26 bits per heavy atom. The molecule has 1 heterocycles. The van der Waals surface area contributed by atoms with Crippen LogP contribution in [-0.4, -0.2) is 23.3 Å². The second-order valence-electron chi connectivity index (χ2n) is 3.48. The zero-order chi connectivity index (χ0) is 13.8. The van der Waals surface area contributed by atoms with Crippen LogP contribution in [0.15, 0.2) is 29.4 Å². The Bertz CT molecular complexity index is 573. The van der Waals surface area contributed by atoms with Crippen LogP contribution in [0.4, 0.5) is 14.6 Å². The van der Waals surface area contributed by atoms with Crippen molar-refractivity contribution in [1.29, 1.82) is 0 Å². The first-order valence-corrected chi connectivity index (χ1v) is 6.59. The largest absolute Gasteiger partial charge is 0.436 e. The van der Waals surface area contributed by atoms with Crippen molar-refractivity contribution in [1.82, 2.24) is 9.97 Å². The smallest absolute Gasteiger partial charge is 0.225 e. The van der Waals surface area contributed by atoms with Crippen LogP contribution in [-0.2, 0) is 0 Å². The number of aromatic nitrogens is 2. The maximum atomic E-state index is 13.5. The standard InChI is InChI=1S/C12H11F2N3OS/c1-15-9-6-10(17-12(16-9)19-2)18-8-5-3-4-7(13)11(8)14/h3-6H,1-2H3,(H,15,16,17). The van der Waals surface area contributed by atoms with Crippen molar-refractivity contribution >= 4 is 17.6 Å². The van der Waals surface area contributed by atoms with Gasteiger partial charge in [-0.3, -0.25) is 0 Å². The van der Waals surface area contributed by atoms with Gasteiger partial charge in [-0.25, -0.2) is 9.37 Å². The van der Waals surface area contributed by atoms with Gasteiger partial charge in [0.15, 0.2) is 16.7 Å². The number of ether oxygens (including phenoxy) is 1. The third kappa shape index (κ3) is 3.11. The molecule has 0 fully saturated rings. The van der Waals surface area contributed by atoms with Crippen molar-refractivity contribution in [2.45, 2.75) is 5.16 Å². The Balaban J connectivity index is 2.34. The lowest BCUT2D eigenvalue weighted by Gasteiger charge is -2.08. The third-order valence-electron chi connectivity index (χ3n) is 2.25. The Kier molecular flexibility index (Phi) is 4.16. The summed E-state index contributed by atoms with van der Waals surface area (Å²) in [7, 11) is 1.69. The van der Waals surface area contributed by atoms with Gasteiger partial charge < -0.3 is 10.1 Å². The molecule has 1 aromatic carbocycles. The molecular formula is C12H11F2N3OS. The molecule has 7 heteroatoms. The van der Waals surface area contributed by atoms with Crippen LogP contribution >= 0.6 is 11.8 Å². The van der Waals surface area contributed by atoms with E-state index < -0.39 is 11.6 Å². The lowest BCUT2D eigenvalue weighted by atomic mass is 10.3. The van der Waals surface area contributed by atoms with Crippen LogP contribution in [0.1, 0.15) is 0 Å². The van der Waals surface area contributed by atoms with Gasteiger partial charge in [-0.2, -0.15) is 9.37 Å². The van der Waals surface area contributed by atoms with Gasteiger partial charge in [0.25, 0.3) is 0 Å². The van der Waals surface area contributed by atoms with E-state index >= 15 is 0 Å². The molecule has 0 atom stereocenters. The molecule has 2 aromatic rings. The fourth-order valence-corrected chi connectivity index (χ4v) is 1.72. The van der Waals surface area contributed by atoms with Gasteiger partial charge in [0.2, 0.25) is 11.7 Å². The van der Waals surface area contributed by atoms with Crippen molar-refractivity contribution < 1.29 is 13.5 Å². The highest BCUT2D eigenvalue weighted by molar-refractivity contribution is 7.98. The highest BCUT2D eigenvalue weighted by Crippen LogP contribution is 2.27. The second kappa shape index (κ2) is 5.83. The van der Waals surface area contributed by atoms with Crippen molar-refractivity contribution in [3.63, 3.8) is 0 Å². The minimum Gasteiger partial charge on any atom is -0.436 e. The minimum atomic E-state index is -1.04. The molecule has 4 nitrogen and oxygen atoms in total. The maximum Gasteiger partial charge on any atom is 0.225 e. The van der Waals surface area contributed by atoms with Gasteiger partial charge in [-0.05, 0) is 18.4 Å². The first-order chi connectivity index (χ1) is 9.13. The molecule has 0 spiro atoms. The number of rotatable bonds is 4. The fraction of sp³-hybridized carbons (Fsp3) is 0.167. The van der Waals surface area contributed by atoms with Crippen molar-refractivity contribution in [2.24, 2.45) is 0 Å². The first-order valence-electron chi connectivity index (χ1n) is 5.36. The number of halogens is 2. The molecule has 0 saturated carbocycles. The number of hydrogen-bond donors (Lipinski definition) is 1. The molecule has 0 radical (unpaired) electrons. The van der Waals surface area contributed by atoms with E-state index in [-0.39, 0.29) is 11.6 Å². The molecule has 0 bridgehead atoms. The number of anilines is 1. The van der Waals surface area contributed by atoms with Crippen LogP contribution in [0.25, 0.3) is 0 Å². The summed E-state index contributed by atoms with van der Waals surface area (Å²) < 4.78 is 31.8. The molecule has 0 unspecified atom stereocenters. The molecule has 2 rings (SSSR count). The number of nitrogens with zero attached hydrogens (tertiary/aromatic N) is 2. The SMILES string of the molecule is CNc1cc(Oc2cccc(F)c2F)nc(SC)n1. The Hall–Kier alpha value is -1.89. The summed E-state index contributed by atoms with van der Waals surface area (Å²) in [5, 5.41) is 3.31. The summed E-state index contributed by atoms with van der Waals surface area (Å²) in [5.41, 5.74) is 0. The summed E-state index contributed by atoms with van der Waals surface area (Å²) in [6.45, 7) is 0. The monoisotopic (exact) mass is 283 g/mol. The van der Waals surface area contributed by atoms with Gasteiger partial charge in [0.05, 0.1) is 0 Å². The zero-order valence-corrected chi connectivity index (χ0v) is 11.1. The van der Waals surface area contributed by atoms with Crippen LogP contribution in [0.2, 0.25) is 0 Å². The van der Waals surface area contributed by atoms with Gasteiger partial charge >= 0.3 is 0 Å². The van der Waals surface area contributed by atoms with Crippen LogP contribution in [0.5, 0.6) is 11.6 Å². The second-order valence-corrected chi connectivity index (χ2v) is 4.26. The van der Waals surface area contributed by atoms with E-state index in [1.165, 1.54) is 30.0 Å².